The van der Waals surface area contributed by atoms with Crippen LogP contribution in [0.15, 0.2) is 42.0 Å². The van der Waals surface area contributed by atoms with E-state index in [1.54, 1.807) is 6.92 Å². The summed E-state index contributed by atoms with van der Waals surface area (Å²) in [5.41, 5.74) is 1.07. The number of rotatable bonds is 7. The van der Waals surface area contributed by atoms with Gasteiger partial charge in [0.1, 0.15) is 12.1 Å². The second kappa shape index (κ2) is 9.10. The van der Waals surface area contributed by atoms with E-state index in [9.17, 15) is 19.7 Å². The number of amides is 1. The van der Waals surface area contributed by atoms with Crippen molar-refractivity contribution in [3.63, 3.8) is 0 Å². The number of hydrogen-bond acceptors (Lipinski definition) is 6. The lowest BCUT2D eigenvalue weighted by molar-refractivity contribution is -0.528. The first-order chi connectivity index (χ1) is 12.4. The van der Waals surface area contributed by atoms with Crippen molar-refractivity contribution in [3.05, 3.63) is 57.7 Å². The summed E-state index contributed by atoms with van der Waals surface area (Å²) in [6.45, 7) is 3.31. The third kappa shape index (κ3) is 5.13. The molecule has 0 bridgehead atoms. The predicted octanol–water partition coefficient (Wildman–Crippen LogP) is 1.61. The quantitative estimate of drug-likeness (QED) is 0.449. The zero-order valence-corrected chi connectivity index (χ0v) is 14.7. The van der Waals surface area contributed by atoms with Crippen LogP contribution >= 0.6 is 0 Å². The van der Waals surface area contributed by atoms with Crippen molar-refractivity contribution in [1.82, 2.24) is 5.32 Å². The van der Waals surface area contributed by atoms with Crippen LogP contribution in [0.5, 0.6) is 0 Å². The highest BCUT2D eigenvalue weighted by molar-refractivity contribution is 5.89. The fourth-order valence-corrected chi connectivity index (χ4v) is 2.85. The highest BCUT2D eigenvalue weighted by Gasteiger charge is 2.43. The van der Waals surface area contributed by atoms with Gasteiger partial charge in [0, 0.05) is 23.8 Å². The van der Waals surface area contributed by atoms with Crippen LogP contribution in [0.3, 0.4) is 0 Å². The van der Waals surface area contributed by atoms with E-state index in [2.05, 4.69) is 5.32 Å². The van der Waals surface area contributed by atoms with Crippen molar-refractivity contribution >= 4 is 11.9 Å². The Labute approximate surface area is 151 Å². The number of carbonyl (C=O) groups excluding carboxylic acids is 2. The van der Waals surface area contributed by atoms with Gasteiger partial charge in [-0.15, -0.1) is 0 Å². The Hall–Kier alpha value is -2.74. The lowest BCUT2D eigenvalue weighted by Gasteiger charge is -2.32. The predicted molar refractivity (Wildman–Crippen MR) is 92.7 cm³/mol. The van der Waals surface area contributed by atoms with Crippen LogP contribution in [0.2, 0.25) is 0 Å². The van der Waals surface area contributed by atoms with Crippen molar-refractivity contribution in [2.24, 2.45) is 0 Å². The Kier molecular flexibility index (Phi) is 6.85. The normalized spacial score (nSPS) is 22.2. The minimum absolute atomic E-state index is 0.123. The third-order valence-corrected chi connectivity index (χ3v) is 4.03. The van der Waals surface area contributed by atoms with E-state index >= 15 is 0 Å². The minimum Gasteiger partial charge on any atom is -0.463 e. The van der Waals surface area contributed by atoms with Gasteiger partial charge in [0.2, 0.25) is 11.9 Å². The summed E-state index contributed by atoms with van der Waals surface area (Å²) in [5, 5.41) is 14.1. The molecule has 1 aromatic rings. The van der Waals surface area contributed by atoms with Gasteiger partial charge >= 0.3 is 5.97 Å². The number of nitrogens with one attached hydrogen (secondary N) is 1. The lowest BCUT2D eigenvalue weighted by atomic mass is 9.88. The Morgan fingerprint density at radius 2 is 2.00 bits per heavy atom. The molecule has 1 amide bonds. The molecule has 1 aromatic carbocycles. The maximum atomic E-state index is 12.1. The molecule has 2 rings (SSSR count). The van der Waals surface area contributed by atoms with Gasteiger partial charge in [-0.1, -0.05) is 30.3 Å². The van der Waals surface area contributed by atoms with E-state index < -0.39 is 35.0 Å². The third-order valence-electron chi connectivity index (χ3n) is 4.03. The van der Waals surface area contributed by atoms with E-state index in [-0.39, 0.29) is 25.2 Å². The molecule has 0 aromatic heterocycles. The van der Waals surface area contributed by atoms with E-state index in [0.717, 1.165) is 5.56 Å². The Morgan fingerprint density at radius 1 is 1.31 bits per heavy atom. The summed E-state index contributed by atoms with van der Waals surface area (Å²) in [6.07, 6.45) is 0.575. The number of carbonyl (C=O) groups is 2. The molecule has 0 aliphatic heterocycles. The summed E-state index contributed by atoms with van der Waals surface area (Å²) in [7, 11) is 0. The highest BCUT2D eigenvalue weighted by atomic mass is 16.6. The Morgan fingerprint density at radius 3 is 2.58 bits per heavy atom. The van der Waals surface area contributed by atoms with Crippen LogP contribution in [-0.4, -0.2) is 41.6 Å². The second-order valence-corrected chi connectivity index (χ2v) is 5.96. The number of nitro groups is 1. The molecule has 0 saturated carbocycles. The van der Waals surface area contributed by atoms with Crippen LogP contribution in [0.1, 0.15) is 25.8 Å². The smallest absolute Gasteiger partial charge is 0.334 e. The summed E-state index contributed by atoms with van der Waals surface area (Å²) in [5.74, 6) is -1.00. The minimum atomic E-state index is -1.18. The van der Waals surface area contributed by atoms with Gasteiger partial charge in [-0.2, -0.15) is 0 Å². The van der Waals surface area contributed by atoms with Gasteiger partial charge in [-0.05, 0) is 18.6 Å². The first-order valence-electron chi connectivity index (χ1n) is 8.36. The maximum Gasteiger partial charge on any atom is 0.334 e. The SMILES string of the molecule is CCOC(=O)C1=C[C@@H](OCc2ccccc2)[C@H](NC(C)=O)[C@@H]([N+](=O)[O-])C1. The summed E-state index contributed by atoms with van der Waals surface area (Å²) in [4.78, 5) is 34.6. The average Bonchev–Trinajstić information content (AvgIpc) is 2.61. The van der Waals surface area contributed by atoms with Crippen molar-refractivity contribution in [2.75, 3.05) is 6.61 Å². The molecule has 1 aliphatic rings. The van der Waals surface area contributed by atoms with E-state index in [4.69, 9.17) is 9.47 Å². The van der Waals surface area contributed by atoms with E-state index in [1.807, 2.05) is 30.3 Å². The largest absolute Gasteiger partial charge is 0.463 e. The molecular formula is C18H22N2O6. The summed E-state index contributed by atoms with van der Waals surface area (Å²) < 4.78 is 10.8. The summed E-state index contributed by atoms with van der Waals surface area (Å²) in [6, 6.07) is 7.24. The van der Waals surface area contributed by atoms with Gasteiger partial charge in [-0.25, -0.2) is 4.79 Å². The highest BCUT2D eigenvalue weighted by Crippen LogP contribution is 2.25. The molecule has 0 spiro atoms. The standard InChI is InChI=1S/C18H22N2O6/c1-3-25-18(22)14-9-15(20(23)24)17(19-12(2)21)16(10-14)26-11-13-7-5-4-6-8-13/h4-8,10,15-17H,3,9,11H2,1-2H3,(H,19,21)/t15-,16+,17+/m0/s1. The van der Waals surface area contributed by atoms with Crippen LogP contribution in [-0.2, 0) is 25.7 Å². The zero-order chi connectivity index (χ0) is 19.1. The molecule has 8 heteroatoms. The second-order valence-electron chi connectivity index (χ2n) is 5.96. The summed E-state index contributed by atoms with van der Waals surface area (Å²) >= 11 is 0. The maximum absolute atomic E-state index is 12.1. The molecule has 1 aliphatic carbocycles. The van der Waals surface area contributed by atoms with Crippen molar-refractivity contribution < 1.29 is 24.0 Å². The van der Waals surface area contributed by atoms with Crippen molar-refractivity contribution in [1.29, 1.82) is 0 Å². The monoisotopic (exact) mass is 362 g/mol. The molecule has 140 valence electrons. The Bertz CT molecular complexity index is 688. The number of hydrogen-bond donors (Lipinski definition) is 1. The van der Waals surface area contributed by atoms with Gasteiger partial charge < -0.3 is 14.8 Å². The molecule has 26 heavy (non-hydrogen) atoms. The molecule has 0 heterocycles. The first kappa shape index (κ1) is 19.6. The van der Waals surface area contributed by atoms with Crippen molar-refractivity contribution in [2.45, 2.75) is 45.1 Å². The van der Waals surface area contributed by atoms with Gasteiger partial charge in [0.05, 0.1) is 13.2 Å². The fraction of sp³-hybridized carbons (Fsp3) is 0.444. The zero-order valence-electron chi connectivity index (χ0n) is 14.7. The molecule has 0 unspecified atom stereocenters. The molecule has 0 fully saturated rings. The molecule has 0 radical (unpaired) electrons. The topological polar surface area (TPSA) is 108 Å². The number of ether oxygens (including phenoxy) is 2. The molecule has 3 atom stereocenters. The van der Waals surface area contributed by atoms with Gasteiger partial charge in [0.15, 0.2) is 0 Å². The molecular weight excluding hydrogens is 340 g/mol. The molecule has 8 nitrogen and oxygen atoms in total. The van der Waals surface area contributed by atoms with E-state index in [0.29, 0.717) is 0 Å². The van der Waals surface area contributed by atoms with Crippen molar-refractivity contribution in [3.8, 4) is 0 Å². The van der Waals surface area contributed by atoms with E-state index in [1.165, 1.54) is 13.0 Å². The average molecular weight is 362 g/mol. The van der Waals surface area contributed by atoms with Gasteiger partial charge in [0.25, 0.3) is 0 Å². The fourth-order valence-electron chi connectivity index (χ4n) is 2.85. The van der Waals surface area contributed by atoms with Crippen LogP contribution < -0.4 is 5.32 Å². The van der Waals surface area contributed by atoms with Crippen LogP contribution in [0.4, 0.5) is 0 Å². The molecule has 0 saturated heterocycles. The van der Waals surface area contributed by atoms with Gasteiger partial charge in [-0.3, -0.25) is 14.9 Å². The van der Waals surface area contributed by atoms with Crippen LogP contribution in [0, 0.1) is 10.1 Å². The molecule has 1 N–H and O–H groups in total. The Balaban J connectivity index is 2.27. The number of benzene rings is 1. The lowest BCUT2D eigenvalue weighted by Crippen LogP contribution is -2.55. The first-order valence-corrected chi connectivity index (χ1v) is 8.36. The van der Waals surface area contributed by atoms with Crippen LogP contribution in [0.25, 0.3) is 0 Å². The number of nitrogens with zero attached hydrogens (tertiary/aromatic N) is 1. The number of esters is 1.